The van der Waals surface area contributed by atoms with Gasteiger partial charge in [-0.25, -0.2) is 9.78 Å². The molecule has 1 amide bonds. The van der Waals surface area contributed by atoms with Crippen molar-refractivity contribution in [1.82, 2.24) is 19.1 Å². The lowest BCUT2D eigenvalue weighted by Crippen LogP contribution is -2.41. The molecule has 34 heavy (non-hydrogen) atoms. The van der Waals surface area contributed by atoms with Crippen LogP contribution >= 0.6 is 11.3 Å². The minimum Gasteiger partial charge on any atom is -0.383 e. The number of nitrogens with zero attached hydrogens (tertiary/aromatic N) is 4. The third kappa shape index (κ3) is 3.97. The van der Waals surface area contributed by atoms with Crippen LogP contribution in [0, 0.1) is 6.92 Å². The highest BCUT2D eigenvalue weighted by molar-refractivity contribution is 7.20. The number of aryl methyl sites for hydroxylation is 2. The number of aromatic nitrogens is 4. The fourth-order valence-electron chi connectivity index (χ4n) is 4.52. The van der Waals surface area contributed by atoms with Crippen LogP contribution in [0.5, 0.6) is 0 Å². The SMILES string of the molecule is CCCCn1c(N)c(N(CC)C(=O)c2sc3nc4n(c(=O)c3c2C)CCCCC4)c(=O)[nH]c1=O. The number of nitrogen functional groups attached to an aromatic ring is 1. The van der Waals surface area contributed by atoms with Crippen LogP contribution in [-0.4, -0.2) is 31.6 Å². The maximum atomic E-state index is 13.7. The minimum atomic E-state index is -0.714. The average Bonchev–Trinajstić information content (AvgIpc) is 2.96. The summed E-state index contributed by atoms with van der Waals surface area (Å²) in [5, 5.41) is 0.449. The van der Waals surface area contributed by atoms with Gasteiger partial charge < -0.3 is 10.6 Å². The summed E-state index contributed by atoms with van der Waals surface area (Å²) >= 11 is 1.16. The number of hydrogen-bond acceptors (Lipinski definition) is 7. The van der Waals surface area contributed by atoms with Gasteiger partial charge in [-0.15, -0.1) is 11.3 Å². The van der Waals surface area contributed by atoms with Crippen molar-refractivity contribution in [1.29, 1.82) is 0 Å². The summed E-state index contributed by atoms with van der Waals surface area (Å²) in [4.78, 5) is 61.2. The molecule has 1 aliphatic rings. The molecule has 3 N–H and O–H groups in total. The zero-order valence-electron chi connectivity index (χ0n) is 19.8. The molecule has 4 rings (SSSR count). The molecule has 4 heterocycles. The van der Waals surface area contributed by atoms with Gasteiger partial charge in [-0.1, -0.05) is 19.8 Å². The summed E-state index contributed by atoms with van der Waals surface area (Å²) in [5.41, 5.74) is 5.30. The number of carbonyl (C=O) groups excluding carboxylic acids is 1. The highest BCUT2D eigenvalue weighted by Crippen LogP contribution is 2.31. The number of amides is 1. The third-order valence-electron chi connectivity index (χ3n) is 6.39. The molecule has 0 radical (unpaired) electrons. The van der Waals surface area contributed by atoms with Crippen molar-refractivity contribution < 1.29 is 4.79 Å². The summed E-state index contributed by atoms with van der Waals surface area (Å²) in [6.45, 7) is 6.58. The zero-order valence-corrected chi connectivity index (χ0v) is 20.6. The fourth-order valence-corrected chi connectivity index (χ4v) is 5.66. The van der Waals surface area contributed by atoms with E-state index in [2.05, 4.69) is 4.98 Å². The van der Waals surface area contributed by atoms with E-state index in [1.54, 1.807) is 18.4 Å². The Labute approximate surface area is 200 Å². The second kappa shape index (κ2) is 9.57. The van der Waals surface area contributed by atoms with E-state index in [9.17, 15) is 19.2 Å². The van der Waals surface area contributed by atoms with E-state index in [4.69, 9.17) is 10.7 Å². The first-order chi connectivity index (χ1) is 16.3. The van der Waals surface area contributed by atoms with Gasteiger partial charge in [-0.2, -0.15) is 0 Å². The zero-order chi connectivity index (χ0) is 24.6. The van der Waals surface area contributed by atoms with E-state index < -0.39 is 17.2 Å². The topological polar surface area (TPSA) is 136 Å². The Bertz CT molecular complexity index is 1430. The van der Waals surface area contributed by atoms with Crippen LogP contribution < -0.4 is 27.4 Å². The van der Waals surface area contributed by atoms with Gasteiger partial charge in [0.2, 0.25) is 0 Å². The molecule has 3 aromatic heterocycles. The molecule has 1 aliphatic heterocycles. The number of H-pyrrole nitrogens is 1. The van der Waals surface area contributed by atoms with Gasteiger partial charge in [-0.3, -0.25) is 28.5 Å². The smallest absolute Gasteiger partial charge is 0.330 e. The molecule has 182 valence electrons. The van der Waals surface area contributed by atoms with E-state index in [1.807, 2.05) is 6.92 Å². The lowest BCUT2D eigenvalue weighted by atomic mass is 10.2. The number of nitrogens with one attached hydrogen (secondary N) is 1. The molecule has 0 aliphatic carbocycles. The number of nitrogens with two attached hydrogens (primary N) is 1. The maximum Gasteiger partial charge on any atom is 0.330 e. The summed E-state index contributed by atoms with van der Waals surface area (Å²) in [6, 6.07) is 0. The van der Waals surface area contributed by atoms with Gasteiger partial charge in [-0.05, 0) is 38.7 Å². The van der Waals surface area contributed by atoms with Gasteiger partial charge >= 0.3 is 5.69 Å². The fraction of sp³-hybridized carbons (Fsp3) is 0.522. The average molecular weight is 487 g/mol. The molecule has 11 heteroatoms. The summed E-state index contributed by atoms with van der Waals surface area (Å²) in [5.74, 6) is 0.271. The number of thiophene rings is 1. The number of unbranched alkanes of at least 4 members (excludes halogenated alkanes) is 1. The van der Waals surface area contributed by atoms with Gasteiger partial charge in [0.15, 0.2) is 5.69 Å². The van der Waals surface area contributed by atoms with Crippen LogP contribution in [0.3, 0.4) is 0 Å². The Hall–Kier alpha value is -3.21. The normalized spacial score (nSPS) is 13.6. The molecule has 0 spiro atoms. The summed E-state index contributed by atoms with van der Waals surface area (Å²) < 4.78 is 3.02. The molecule has 0 fully saturated rings. The Kier molecular flexibility index (Phi) is 6.74. The van der Waals surface area contributed by atoms with Crippen LogP contribution in [0.25, 0.3) is 10.2 Å². The van der Waals surface area contributed by atoms with E-state index in [-0.39, 0.29) is 23.6 Å². The van der Waals surface area contributed by atoms with Crippen LogP contribution in [0.2, 0.25) is 0 Å². The summed E-state index contributed by atoms with van der Waals surface area (Å²) in [7, 11) is 0. The number of aromatic amines is 1. The minimum absolute atomic E-state index is 0.0407. The van der Waals surface area contributed by atoms with Crippen LogP contribution in [0.4, 0.5) is 11.5 Å². The Morgan fingerprint density at radius 3 is 2.68 bits per heavy atom. The second-order valence-electron chi connectivity index (χ2n) is 8.58. The van der Waals surface area contributed by atoms with E-state index >= 15 is 0 Å². The van der Waals surface area contributed by atoms with Crippen molar-refractivity contribution in [3.63, 3.8) is 0 Å². The molecule has 0 unspecified atom stereocenters. The van der Waals surface area contributed by atoms with E-state index in [1.165, 1.54) is 9.47 Å². The van der Waals surface area contributed by atoms with Crippen molar-refractivity contribution in [3.8, 4) is 0 Å². The molecule has 3 aromatic rings. The van der Waals surface area contributed by atoms with E-state index in [0.717, 1.165) is 49.3 Å². The first-order valence-electron chi connectivity index (χ1n) is 11.8. The predicted molar refractivity (Wildman–Crippen MR) is 134 cm³/mol. The molecule has 0 atom stereocenters. The number of rotatable bonds is 6. The maximum absolute atomic E-state index is 13.7. The van der Waals surface area contributed by atoms with Crippen molar-refractivity contribution in [2.75, 3.05) is 17.2 Å². The van der Waals surface area contributed by atoms with Crippen LogP contribution in [0.15, 0.2) is 14.4 Å². The highest BCUT2D eigenvalue weighted by atomic mass is 32.1. The van der Waals surface area contributed by atoms with Crippen molar-refractivity contribution in [2.45, 2.75) is 72.4 Å². The van der Waals surface area contributed by atoms with Crippen molar-refractivity contribution >= 4 is 39.0 Å². The van der Waals surface area contributed by atoms with Gasteiger partial charge in [0, 0.05) is 26.1 Å². The molecular weight excluding hydrogens is 456 g/mol. The Morgan fingerprint density at radius 2 is 1.97 bits per heavy atom. The first kappa shape index (κ1) is 23.9. The number of fused-ring (bicyclic) bond motifs is 2. The molecule has 0 bridgehead atoms. The first-order valence-corrected chi connectivity index (χ1v) is 12.6. The molecular formula is C23H30N6O4S. The molecule has 10 nitrogen and oxygen atoms in total. The third-order valence-corrected chi connectivity index (χ3v) is 7.56. The second-order valence-corrected chi connectivity index (χ2v) is 9.58. The standard InChI is InChI=1S/C23H30N6O4S/c1-4-6-11-29-18(24)16(19(30)26-23(29)33)27(5-2)22(32)17-13(3)15-20(34-17)25-14-10-8-7-9-12-28(14)21(15)31/h4-12,24H2,1-3H3,(H,26,30,33). The number of hydrogen-bond donors (Lipinski definition) is 2. The number of carbonyl (C=O) groups is 1. The van der Waals surface area contributed by atoms with Gasteiger partial charge in [0.05, 0.1) is 10.3 Å². The Morgan fingerprint density at radius 1 is 1.21 bits per heavy atom. The van der Waals surface area contributed by atoms with Crippen LogP contribution in [0.1, 0.15) is 67.0 Å². The summed E-state index contributed by atoms with van der Waals surface area (Å²) in [6.07, 6.45) is 5.23. The van der Waals surface area contributed by atoms with E-state index in [0.29, 0.717) is 40.2 Å². The van der Waals surface area contributed by atoms with Gasteiger partial charge in [0.1, 0.15) is 16.5 Å². The lowest BCUT2D eigenvalue weighted by Gasteiger charge is -2.23. The quantitative estimate of drug-likeness (QED) is 0.549. The van der Waals surface area contributed by atoms with Crippen LogP contribution in [-0.2, 0) is 19.5 Å². The monoisotopic (exact) mass is 486 g/mol. The number of anilines is 2. The highest BCUT2D eigenvalue weighted by Gasteiger charge is 2.29. The lowest BCUT2D eigenvalue weighted by molar-refractivity contribution is 0.0991. The largest absolute Gasteiger partial charge is 0.383 e. The molecule has 0 saturated heterocycles. The van der Waals surface area contributed by atoms with Gasteiger partial charge in [0.25, 0.3) is 17.0 Å². The molecule has 0 aromatic carbocycles. The molecule has 0 saturated carbocycles. The predicted octanol–water partition coefficient (Wildman–Crippen LogP) is 2.39. The van der Waals surface area contributed by atoms with Crippen molar-refractivity contribution in [3.05, 3.63) is 47.5 Å². The Balaban J connectivity index is 1.84. The van der Waals surface area contributed by atoms with Crippen molar-refractivity contribution in [2.24, 2.45) is 0 Å².